The molecule has 0 amide bonds. The molecule has 0 rings (SSSR count). The molecule has 3 nitrogen and oxygen atoms in total. The van der Waals surface area contributed by atoms with Gasteiger partial charge in [-0.1, -0.05) is 30.7 Å². The highest BCUT2D eigenvalue weighted by Gasteiger charge is 1.83. The molecule has 0 saturated heterocycles. The topological polar surface area (TPSA) is 43.7 Å². The van der Waals surface area contributed by atoms with Gasteiger partial charge in [-0.25, -0.2) is 0 Å². The van der Waals surface area contributed by atoms with Crippen molar-refractivity contribution in [1.82, 2.24) is 5.23 Å². The first-order valence-corrected chi connectivity index (χ1v) is 3.07. The van der Waals surface area contributed by atoms with Crippen LogP contribution in [-0.2, 0) is 0 Å². The second-order valence-corrected chi connectivity index (χ2v) is 1.81. The zero-order valence-electron chi connectivity index (χ0n) is 5.62. The molecule has 0 aliphatic rings. The molecule has 0 aromatic heterocycles. The Labute approximate surface area is 55.1 Å². The van der Waals surface area contributed by atoms with Gasteiger partial charge in [0.25, 0.3) is 0 Å². The Morgan fingerprint density at radius 1 is 1.33 bits per heavy atom. The first kappa shape index (κ1) is 8.62. The fraction of sp³-hybridized carbons (Fsp3) is 0.667. The van der Waals surface area contributed by atoms with Crippen LogP contribution in [-0.4, -0.2) is 22.2 Å². The van der Waals surface area contributed by atoms with Crippen LogP contribution in [0.1, 0.15) is 19.8 Å². The fourth-order valence-corrected chi connectivity index (χ4v) is 0.453. The molecular formula is C6H13NO2. The van der Waals surface area contributed by atoms with E-state index in [0.717, 1.165) is 12.8 Å². The summed E-state index contributed by atoms with van der Waals surface area (Å²) in [5.41, 5.74) is 0. The lowest BCUT2D eigenvalue weighted by Crippen LogP contribution is -2.12. The molecule has 54 valence electrons. The van der Waals surface area contributed by atoms with E-state index in [-0.39, 0.29) is 11.8 Å². The van der Waals surface area contributed by atoms with Crippen molar-refractivity contribution in [2.75, 3.05) is 6.54 Å². The van der Waals surface area contributed by atoms with E-state index >= 15 is 0 Å². The number of hydrogen-bond donors (Lipinski definition) is 2. The summed E-state index contributed by atoms with van der Waals surface area (Å²) in [6, 6.07) is 0. The van der Waals surface area contributed by atoms with E-state index in [0.29, 0.717) is 0 Å². The number of allylic oxidation sites excluding steroid dienone is 1. The van der Waals surface area contributed by atoms with Gasteiger partial charge in [0.05, 0.1) is 6.54 Å². The number of nitrogens with zero attached hydrogens (tertiary/aromatic N) is 1. The maximum Gasteiger partial charge on any atom is 0.0693 e. The minimum atomic E-state index is 0.159. The standard InChI is InChI=1S/C6H13NO2/c1-2-3-4-5-6-7(8)9/h4-5,8-9H,2-3,6H2,1H3. The second kappa shape index (κ2) is 5.75. The molecule has 0 aromatic carbocycles. The Morgan fingerprint density at radius 3 is 2.44 bits per heavy atom. The molecule has 0 radical (unpaired) electrons. The largest absolute Gasteiger partial charge is 0.289 e. The van der Waals surface area contributed by atoms with Crippen molar-refractivity contribution in [2.24, 2.45) is 0 Å². The SMILES string of the molecule is CCCC=CCN(O)O. The average Bonchev–Trinajstić information content (AvgIpc) is 1.80. The Hall–Kier alpha value is -0.380. The van der Waals surface area contributed by atoms with Gasteiger partial charge in [-0.2, -0.15) is 0 Å². The third-order valence-corrected chi connectivity index (χ3v) is 0.891. The summed E-state index contributed by atoms with van der Waals surface area (Å²) in [6.07, 6.45) is 5.71. The lowest BCUT2D eigenvalue weighted by molar-refractivity contribution is -0.299. The van der Waals surface area contributed by atoms with Gasteiger partial charge >= 0.3 is 0 Å². The molecule has 3 heteroatoms. The van der Waals surface area contributed by atoms with E-state index in [1.165, 1.54) is 0 Å². The van der Waals surface area contributed by atoms with Crippen molar-refractivity contribution in [3.63, 3.8) is 0 Å². The summed E-state index contributed by atoms with van der Waals surface area (Å²) in [5, 5.41) is 16.5. The molecule has 0 atom stereocenters. The van der Waals surface area contributed by atoms with E-state index in [9.17, 15) is 0 Å². The van der Waals surface area contributed by atoms with Crippen LogP contribution in [0.3, 0.4) is 0 Å². The highest BCUT2D eigenvalue weighted by atomic mass is 16.8. The van der Waals surface area contributed by atoms with Crippen LogP contribution >= 0.6 is 0 Å². The summed E-state index contributed by atoms with van der Waals surface area (Å²) in [5.74, 6) is 0. The van der Waals surface area contributed by atoms with Gasteiger partial charge < -0.3 is 0 Å². The molecule has 0 fully saturated rings. The maximum absolute atomic E-state index is 8.19. The van der Waals surface area contributed by atoms with Gasteiger partial charge in [0.1, 0.15) is 0 Å². The summed E-state index contributed by atoms with van der Waals surface area (Å²) in [6.45, 7) is 2.25. The van der Waals surface area contributed by atoms with Crippen molar-refractivity contribution in [3.05, 3.63) is 12.2 Å². The monoisotopic (exact) mass is 131 g/mol. The molecule has 0 unspecified atom stereocenters. The number of unbranched alkanes of at least 4 members (excludes halogenated alkanes) is 1. The molecular weight excluding hydrogens is 118 g/mol. The van der Waals surface area contributed by atoms with Gasteiger partial charge in [-0.05, 0) is 6.42 Å². The molecule has 0 bridgehead atoms. The smallest absolute Gasteiger partial charge is 0.0693 e. The third-order valence-electron chi connectivity index (χ3n) is 0.891. The van der Waals surface area contributed by atoms with Crippen LogP contribution in [0.2, 0.25) is 0 Å². The molecule has 0 heterocycles. The van der Waals surface area contributed by atoms with Gasteiger partial charge in [-0.3, -0.25) is 10.4 Å². The van der Waals surface area contributed by atoms with Crippen LogP contribution in [0.25, 0.3) is 0 Å². The first-order valence-electron chi connectivity index (χ1n) is 3.07. The quantitative estimate of drug-likeness (QED) is 0.448. The Kier molecular flexibility index (Phi) is 5.51. The summed E-state index contributed by atoms with van der Waals surface area (Å²) in [4.78, 5) is 0. The second-order valence-electron chi connectivity index (χ2n) is 1.81. The summed E-state index contributed by atoms with van der Waals surface area (Å²) >= 11 is 0. The molecule has 0 aliphatic heterocycles. The highest BCUT2D eigenvalue weighted by molar-refractivity contribution is 4.81. The predicted octanol–water partition coefficient (Wildman–Crippen LogP) is 1.42. The van der Waals surface area contributed by atoms with Crippen LogP contribution in [0.5, 0.6) is 0 Å². The van der Waals surface area contributed by atoms with Gasteiger partial charge in [0.2, 0.25) is 0 Å². The van der Waals surface area contributed by atoms with E-state index in [2.05, 4.69) is 6.92 Å². The summed E-state index contributed by atoms with van der Waals surface area (Å²) in [7, 11) is 0. The van der Waals surface area contributed by atoms with Crippen molar-refractivity contribution >= 4 is 0 Å². The van der Waals surface area contributed by atoms with Crippen LogP contribution < -0.4 is 0 Å². The zero-order valence-corrected chi connectivity index (χ0v) is 5.62. The van der Waals surface area contributed by atoms with E-state index in [1.807, 2.05) is 6.08 Å². The highest BCUT2D eigenvalue weighted by Crippen LogP contribution is 1.87. The summed E-state index contributed by atoms with van der Waals surface area (Å²) < 4.78 is 0. The Balaban J connectivity index is 3.04. The van der Waals surface area contributed by atoms with E-state index in [4.69, 9.17) is 10.4 Å². The normalized spacial score (nSPS) is 11.6. The lowest BCUT2D eigenvalue weighted by atomic mass is 10.3. The van der Waals surface area contributed by atoms with Crippen molar-refractivity contribution in [3.8, 4) is 0 Å². The first-order chi connectivity index (χ1) is 4.27. The van der Waals surface area contributed by atoms with Crippen LogP contribution in [0.4, 0.5) is 0 Å². The van der Waals surface area contributed by atoms with Crippen molar-refractivity contribution in [2.45, 2.75) is 19.8 Å². The van der Waals surface area contributed by atoms with Gasteiger partial charge in [-0.15, -0.1) is 0 Å². The molecule has 2 N–H and O–H groups in total. The minimum absolute atomic E-state index is 0.159. The van der Waals surface area contributed by atoms with Gasteiger partial charge in [0, 0.05) is 0 Å². The molecule has 0 aromatic rings. The molecule has 0 saturated carbocycles. The number of rotatable bonds is 4. The Bertz CT molecular complexity index is 81.1. The maximum atomic E-state index is 8.19. The fourth-order valence-electron chi connectivity index (χ4n) is 0.453. The molecule has 9 heavy (non-hydrogen) atoms. The average molecular weight is 131 g/mol. The number of hydrogen-bond acceptors (Lipinski definition) is 3. The third kappa shape index (κ3) is 7.62. The van der Waals surface area contributed by atoms with Crippen molar-refractivity contribution < 1.29 is 10.4 Å². The van der Waals surface area contributed by atoms with E-state index in [1.54, 1.807) is 6.08 Å². The predicted molar refractivity (Wildman–Crippen MR) is 34.3 cm³/mol. The van der Waals surface area contributed by atoms with Crippen LogP contribution in [0, 0.1) is 0 Å². The Morgan fingerprint density at radius 2 is 2.00 bits per heavy atom. The van der Waals surface area contributed by atoms with Gasteiger partial charge in [0.15, 0.2) is 0 Å². The van der Waals surface area contributed by atoms with E-state index < -0.39 is 0 Å². The molecule has 0 aliphatic carbocycles. The van der Waals surface area contributed by atoms with Crippen molar-refractivity contribution in [1.29, 1.82) is 0 Å². The molecule has 0 spiro atoms. The minimum Gasteiger partial charge on any atom is -0.289 e. The zero-order chi connectivity index (χ0) is 7.11. The number of hydroxylamine groups is 2. The lowest BCUT2D eigenvalue weighted by Gasteiger charge is -1.98. The van der Waals surface area contributed by atoms with Crippen LogP contribution in [0.15, 0.2) is 12.2 Å².